The maximum absolute atomic E-state index is 13.9. The Morgan fingerprint density at radius 2 is 1.74 bits per heavy atom. The summed E-state index contributed by atoms with van der Waals surface area (Å²) in [6, 6.07) is 17.7. The number of ether oxygens (including phenoxy) is 1. The summed E-state index contributed by atoms with van der Waals surface area (Å²) in [5.41, 5.74) is -0.0520. The summed E-state index contributed by atoms with van der Waals surface area (Å²) >= 11 is 5.43. The van der Waals surface area contributed by atoms with E-state index in [9.17, 15) is 32.3 Å². The number of alkyl halides is 3. The molecule has 0 bridgehead atoms. The molecule has 3 amide bonds. The molecule has 1 aromatic heterocycles. The van der Waals surface area contributed by atoms with Crippen LogP contribution >= 0.6 is 39.0 Å². The van der Waals surface area contributed by atoms with Gasteiger partial charge in [-0.1, -0.05) is 63.3 Å². The minimum Gasteiger partial charge on any atom is -0.483 e. The van der Waals surface area contributed by atoms with Gasteiger partial charge in [-0.3, -0.25) is 19.2 Å². The first kappa shape index (κ1) is 29.2. The number of amides is 3. The highest BCUT2D eigenvalue weighted by Gasteiger charge is 2.56. The molecule has 3 aromatic carbocycles. The number of thiazole rings is 1. The second kappa shape index (κ2) is 11.3. The predicted molar refractivity (Wildman–Crippen MR) is 159 cm³/mol. The molecule has 3 heterocycles. The molecule has 0 saturated carbocycles. The minimum atomic E-state index is -4.57. The van der Waals surface area contributed by atoms with E-state index in [2.05, 4.69) is 26.2 Å². The number of nitrogens with zero attached hydrogens (tertiary/aromatic N) is 1. The Hall–Kier alpha value is -3.88. The molecule has 2 aliphatic heterocycles. The van der Waals surface area contributed by atoms with E-state index in [0.717, 1.165) is 44.6 Å². The average molecular weight is 691 g/mol. The molecule has 0 radical (unpaired) electrons. The number of H-pyrrole nitrogens is 1. The van der Waals surface area contributed by atoms with Gasteiger partial charge in [-0.15, -0.1) is 0 Å². The topological polar surface area (TPSA) is 109 Å². The summed E-state index contributed by atoms with van der Waals surface area (Å²) in [4.78, 5) is 56.8. The fourth-order valence-corrected chi connectivity index (χ4v) is 7.95. The van der Waals surface area contributed by atoms with Crippen molar-refractivity contribution < 1.29 is 32.3 Å². The van der Waals surface area contributed by atoms with Crippen LogP contribution in [0.3, 0.4) is 0 Å². The van der Waals surface area contributed by atoms with Gasteiger partial charge in [-0.05, 0) is 48.5 Å². The summed E-state index contributed by atoms with van der Waals surface area (Å²) in [5.74, 6) is -2.94. The molecule has 2 unspecified atom stereocenters. The molecule has 2 aliphatic rings. The predicted octanol–water partition coefficient (Wildman–Crippen LogP) is 6.03. The van der Waals surface area contributed by atoms with Gasteiger partial charge in [0.15, 0.2) is 6.61 Å². The second-order valence-corrected chi connectivity index (χ2v) is 12.8. The largest absolute Gasteiger partial charge is 0.483 e. The minimum absolute atomic E-state index is 0.0475. The maximum atomic E-state index is 13.9. The third kappa shape index (κ3) is 5.61. The van der Waals surface area contributed by atoms with Crippen molar-refractivity contribution in [2.45, 2.75) is 22.4 Å². The van der Waals surface area contributed by atoms with Crippen LogP contribution in [-0.2, 0) is 20.6 Å². The number of halogens is 4. The molecule has 0 aliphatic carbocycles. The zero-order chi connectivity index (χ0) is 30.5. The van der Waals surface area contributed by atoms with E-state index in [0.29, 0.717) is 21.2 Å². The molecule has 3 atom stereocenters. The van der Waals surface area contributed by atoms with Crippen molar-refractivity contribution in [3.8, 4) is 5.75 Å². The number of aromatic nitrogens is 1. The Labute approximate surface area is 258 Å². The van der Waals surface area contributed by atoms with E-state index in [4.69, 9.17) is 4.74 Å². The average Bonchev–Trinajstić information content (AvgIpc) is 3.46. The molecule has 8 nitrogen and oxygen atoms in total. The number of rotatable bonds is 6. The van der Waals surface area contributed by atoms with Gasteiger partial charge in [0.2, 0.25) is 11.8 Å². The number of imide groups is 1. The number of aromatic amines is 1. The van der Waals surface area contributed by atoms with Crippen molar-refractivity contribution in [1.29, 1.82) is 0 Å². The lowest BCUT2D eigenvalue weighted by atomic mass is 9.82. The van der Waals surface area contributed by atoms with Gasteiger partial charge < -0.3 is 15.0 Å². The van der Waals surface area contributed by atoms with Crippen molar-refractivity contribution in [2.75, 3.05) is 16.8 Å². The van der Waals surface area contributed by atoms with E-state index in [1.807, 2.05) is 0 Å². The zero-order valence-corrected chi connectivity index (χ0v) is 24.9. The first-order valence-corrected chi connectivity index (χ1v) is 15.2. The van der Waals surface area contributed by atoms with Crippen LogP contribution in [0.5, 0.6) is 5.75 Å². The molecule has 0 spiro atoms. The zero-order valence-electron chi connectivity index (χ0n) is 21.7. The van der Waals surface area contributed by atoms with E-state index in [1.54, 1.807) is 48.5 Å². The fourth-order valence-electron chi connectivity index (χ4n) is 5.18. The molecule has 43 heavy (non-hydrogen) atoms. The molecule has 14 heteroatoms. The van der Waals surface area contributed by atoms with Gasteiger partial charge in [-0.2, -0.15) is 13.2 Å². The molecule has 220 valence electrons. The van der Waals surface area contributed by atoms with Gasteiger partial charge in [0.1, 0.15) is 11.0 Å². The number of carbonyl (C=O) groups is 3. The van der Waals surface area contributed by atoms with E-state index in [1.165, 1.54) is 12.1 Å². The van der Waals surface area contributed by atoms with Crippen LogP contribution in [0.2, 0.25) is 0 Å². The van der Waals surface area contributed by atoms with E-state index >= 15 is 0 Å². The first-order valence-electron chi connectivity index (χ1n) is 12.7. The highest BCUT2D eigenvalue weighted by atomic mass is 79.9. The number of para-hydroxylation sites is 1. The Morgan fingerprint density at radius 3 is 2.49 bits per heavy atom. The first-order chi connectivity index (χ1) is 20.5. The van der Waals surface area contributed by atoms with Crippen LogP contribution in [0.4, 0.5) is 24.5 Å². The molecular formula is C29H19BrF3N3O5S2. The second-order valence-electron chi connectivity index (χ2n) is 9.69. The highest BCUT2D eigenvalue weighted by Crippen LogP contribution is 2.54. The van der Waals surface area contributed by atoms with Crippen LogP contribution in [0.1, 0.15) is 21.9 Å². The summed E-state index contributed by atoms with van der Waals surface area (Å²) in [6.07, 6.45) is -4.57. The molecule has 1 fully saturated rings. The van der Waals surface area contributed by atoms with Crippen LogP contribution < -0.4 is 19.8 Å². The van der Waals surface area contributed by atoms with Crippen molar-refractivity contribution >= 4 is 68.1 Å². The number of hydrogen-bond donors (Lipinski definition) is 2. The molecule has 1 saturated heterocycles. The molecule has 6 rings (SSSR count). The summed E-state index contributed by atoms with van der Waals surface area (Å²) < 4.78 is 45.8. The summed E-state index contributed by atoms with van der Waals surface area (Å²) in [6.45, 7) is -0.545. The number of hydrogen-bond acceptors (Lipinski definition) is 7. The van der Waals surface area contributed by atoms with Crippen LogP contribution in [0, 0.1) is 5.92 Å². The van der Waals surface area contributed by atoms with Crippen molar-refractivity contribution in [2.24, 2.45) is 5.92 Å². The quantitative estimate of drug-likeness (QED) is 0.240. The Bertz CT molecular complexity index is 1810. The third-order valence-corrected chi connectivity index (χ3v) is 9.93. The standard InChI is InChI=1S/C29H19BrF3N3O5S2/c30-15-8-10-17(11-9-15)36-26(38)22-21(23-25(35-28(40)43-23)42-24(22)27(36)39)18-6-1-2-7-19(18)41-13-20(37)34-16-5-3-4-14(12-16)29(31,32)33/h1-12,21-22,24H,13H2,(H,34,37)(H,35,40)/t21-,22?,24?/m1/s1. The Kier molecular flexibility index (Phi) is 7.69. The Morgan fingerprint density at radius 1 is 1.00 bits per heavy atom. The van der Waals surface area contributed by atoms with E-state index < -0.39 is 53.2 Å². The monoisotopic (exact) mass is 689 g/mol. The lowest BCUT2D eigenvalue weighted by molar-refractivity contribution is -0.137. The molecular weight excluding hydrogens is 671 g/mol. The molecule has 2 N–H and O–H groups in total. The number of thioether (sulfide) groups is 1. The number of nitrogens with one attached hydrogen (secondary N) is 2. The van der Waals surface area contributed by atoms with Gasteiger partial charge in [0.05, 0.1) is 22.2 Å². The summed E-state index contributed by atoms with van der Waals surface area (Å²) in [7, 11) is 0. The number of benzene rings is 3. The van der Waals surface area contributed by atoms with Gasteiger partial charge >= 0.3 is 11.0 Å². The summed E-state index contributed by atoms with van der Waals surface area (Å²) in [5, 5.41) is 2.06. The SMILES string of the molecule is O=C(COc1ccccc1[C@H]1c2sc(=O)[nH]c2SC2C(=O)N(c3ccc(Br)cc3)C(=O)C21)Nc1cccc(C(F)(F)F)c1. The number of carbonyl (C=O) groups excluding carboxylic acids is 3. The number of fused-ring (bicyclic) bond motifs is 2. The normalized spacial score (nSPS) is 19.6. The molecule has 4 aromatic rings. The van der Waals surface area contributed by atoms with E-state index in [-0.39, 0.29) is 16.3 Å². The smallest absolute Gasteiger partial charge is 0.416 e. The van der Waals surface area contributed by atoms with Crippen molar-refractivity contribution in [3.05, 3.63) is 103 Å². The van der Waals surface area contributed by atoms with Crippen LogP contribution in [0.25, 0.3) is 0 Å². The van der Waals surface area contributed by atoms with Gasteiger partial charge in [-0.25, -0.2) is 4.90 Å². The Balaban J connectivity index is 1.30. The van der Waals surface area contributed by atoms with Gasteiger partial charge in [0, 0.05) is 26.5 Å². The lowest BCUT2D eigenvalue weighted by Gasteiger charge is -2.30. The van der Waals surface area contributed by atoms with Crippen LogP contribution in [-0.4, -0.2) is 34.6 Å². The van der Waals surface area contributed by atoms with Gasteiger partial charge in [0.25, 0.3) is 5.91 Å². The van der Waals surface area contributed by atoms with Crippen molar-refractivity contribution in [3.63, 3.8) is 0 Å². The third-order valence-electron chi connectivity index (χ3n) is 7.00. The number of anilines is 2. The highest BCUT2D eigenvalue weighted by molar-refractivity contribution is 9.10. The van der Waals surface area contributed by atoms with Crippen LogP contribution in [0.15, 0.2) is 87.1 Å². The lowest BCUT2D eigenvalue weighted by Crippen LogP contribution is -2.32. The fraction of sp³-hybridized carbons (Fsp3) is 0.172. The van der Waals surface area contributed by atoms with Crippen molar-refractivity contribution in [1.82, 2.24) is 4.98 Å². The maximum Gasteiger partial charge on any atom is 0.416 e.